The maximum atomic E-state index is 5.88. The van der Waals surface area contributed by atoms with Gasteiger partial charge in [-0.05, 0) is 23.8 Å². The molecule has 0 fully saturated rings. The van der Waals surface area contributed by atoms with Crippen LogP contribution in [0.25, 0.3) is 26.7 Å². The molecule has 2 radical (unpaired) electrons. The quantitative estimate of drug-likeness (QED) is 0.515. The number of imidazole rings is 1. The molecular weight excluding hydrogens is 275 g/mol. The predicted molar refractivity (Wildman–Crippen MR) is 89.3 cm³/mol. The van der Waals surface area contributed by atoms with E-state index in [1.807, 2.05) is 35.0 Å². The van der Waals surface area contributed by atoms with E-state index in [0.717, 1.165) is 16.8 Å². The van der Waals surface area contributed by atoms with Crippen LogP contribution in [0.15, 0.2) is 67.0 Å². The van der Waals surface area contributed by atoms with Crippen LogP contribution in [0, 0.1) is 0 Å². The summed E-state index contributed by atoms with van der Waals surface area (Å²) in [7, 11) is 5.88. The predicted octanol–water partition coefficient (Wildman–Crippen LogP) is 3.52. The fourth-order valence-electron chi connectivity index (χ4n) is 2.41. The Hall–Kier alpha value is -2.33. The summed E-state index contributed by atoms with van der Waals surface area (Å²) < 4.78 is 2.04. The van der Waals surface area contributed by atoms with Crippen LogP contribution in [0.1, 0.15) is 0 Å². The van der Waals surface area contributed by atoms with E-state index in [0.29, 0.717) is 0 Å². The molecule has 1 aromatic carbocycles. The molecule has 0 saturated heterocycles. The molecule has 4 aromatic rings. The Balaban J connectivity index is 1.83. The van der Waals surface area contributed by atoms with Crippen LogP contribution in [-0.4, -0.2) is 17.2 Å². The first-order valence-electron chi connectivity index (χ1n) is 6.69. The van der Waals surface area contributed by atoms with E-state index >= 15 is 0 Å². The molecule has 2 nitrogen and oxygen atoms in total. The van der Waals surface area contributed by atoms with Crippen LogP contribution in [0.4, 0.5) is 0 Å². The highest BCUT2D eigenvalue weighted by Gasteiger charge is 2.09. The lowest BCUT2D eigenvalue weighted by atomic mass is 9.99. The molecule has 0 bridgehead atoms. The molecule has 0 aliphatic heterocycles. The number of benzene rings is 1. The summed E-state index contributed by atoms with van der Waals surface area (Å²) in [5, 5.41) is 0. The standard InChI is InChI=1S/C17H11BN2S/c18-13-6-9-17-19-10-14(20(17)11-13)16-8-7-15(21-16)12-4-2-1-3-5-12/h1-11H. The average molecular weight is 286 g/mol. The van der Waals surface area contributed by atoms with Gasteiger partial charge in [-0.25, -0.2) is 4.98 Å². The second kappa shape index (κ2) is 4.90. The van der Waals surface area contributed by atoms with Crippen molar-refractivity contribution < 1.29 is 0 Å². The van der Waals surface area contributed by atoms with Gasteiger partial charge in [-0.3, -0.25) is 4.40 Å². The fourth-order valence-corrected chi connectivity index (χ4v) is 3.43. The molecule has 0 unspecified atom stereocenters. The van der Waals surface area contributed by atoms with Crippen molar-refractivity contribution in [2.75, 3.05) is 0 Å². The molecule has 3 heterocycles. The Morgan fingerprint density at radius 1 is 0.905 bits per heavy atom. The van der Waals surface area contributed by atoms with Gasteiger partial charge in [0.15, 0.2) is 0 Å². The molecule has 0 atom stereocenters. The van der Waals surface area contributed by atoms with Crippen LogP contribution in [0.3, 0.4) is 0 Å². The summed E-state index contributed by atoms with van der Waals surface area (Å²) >= 11 is 1.76. The summed E-state index contributed by atoms with van der Waals surface area (Å²) in [6.45, 7) is 0. The van der Waals surface area contributed by atoms with Gasteiger partial charge in [0, 0.05) is 11.1 Å². The monoisotopic (exact) mass is 286 g/mol. The highest BCUT2D eigenvalue weighted by Crippen LogP contribution is 2.34. The maximum Gasteiger partial charge on any atom is 0.137 e. The number of fused-ring (bicyclic) bond motifs is 1. The Morgan fingerprint density at radius 3 is 2.57 bits per heavy atom. The van der Waals surface area contributed by atoms with E-state index in [1.165, 1.54) is 15.3 Å². The molecule has 21 heavy (non-hydrogen) atoms. The van der Waals surface area contributed by atoms with Crippen molar-refractivity contribution in [1.82, 2.24) is 9.38 Å². The van der Waals surface area contributed by atoms with Crippen molar-refractivity contribution in [1.29, 1.82) is 0 Å². The SMILES string of the molecule is [B]c1ccc2ncc(-c3ccc(-c4ccccc4)s3)n2c1. The number of nitrogens with zero attached hydrogens (tertiary/aromatic N) is 2. The Kier molecular flexibility index (Phi) is 2.90. The highest BCUT2D eigenvalue weighted by atomic mass is 32.1. The van der Waals surface area contributed by atoms with Gasteiger partial charge in [-0.15, -0.1) is 11.3 Å². The van der Waals surface area contributed by atoms with Gasteiger partial charge >= 0.3 is 0 Å². The molecular formula is C17H11BN2S. The molecule has 4 heteroatoms. The van der Waals surface area contributed by atoms with E-state index in [2.05, 4.69) is 41.4 Å². The summed E-state index contributed by atoms with van der Waals surface area (Å²) in [6, 6.07) is 18.5. The molecule has 0 spiro atoms. The number of pyridine rings is 1. The number of hydrogen-bond donors (Lipinski definition) is 0. The van der Waals surface area contributed by atoms with Crippen LogP contribution in [-0.2, 0) is 0 Å². The molecule has 0 amide bonds. The van der Waals surface area contributed by atoms with Crippen molar-refractivity contribution in [3.63, 3.8) is 0 Å². The van der Waals surface area contributed by atoms with Crippen molar-refractivity contribution >= 4 is 30.3 Å². The molecule has 0 N–H and O–H groups in total. The smallest absolute Gasteiger partial charge is 0.137 e. The van der Waals surface area contributed by atoms with Gasteiger partial charge < -0.3 is 0 Å². The summed E-state index contributed by atoms with van der Waals surface area (Å²) in [5.74, 6) is 0. The first-order chi connectivity index (χ1) is 10.3. The third-order valence-electron chi connectivity index (χ3n) is 3.45. The fraction of sp³-hybridized carbons (Fsp3) is 0. The third kappa shape index (κ3) is 2.18. The zero-order valence-electron chi connectivity index (χ0n) is 11.2. The summed E-state index contributed by atoms with van der Waals surface area (Å²) in [6.07, 6.45) is 3.81. The van der Waals surface area contributed by atoms with Crippen LogP contribution < -0.4 is 5.46 Å². The second-order valence-corrected chi connectivity index (χ2v) is 5.95. The average Bonchev–Trinajstić information content (AvgIpc) is 3.14. The molecule has 4 rings (SSSR count). The third-order valence-corrected chi connectivity index (χ3v) is 4.60. The normalized spacial score (nSPS) is 11.0. The van der Waals surface area contributed by atoms with Crippen molar-refractivity contribution in [3.8, 4) is 21.0 Å². The van der Waals surface area contributed by atoms with E-state index in [-0.39, 0.29) is 0 Å². The molecule has 0 aliphatic carbocycles. The Bertz CT molecular complexity index is 909. The van der Waals surface area contributed by atoms with Gasteiger partial charge in [0.2, 0.25) is 0 Å². The van der Waals surface area contributed by atoms with Crippen LogP contribution >= 0.6 is 11.3 Å². The molecule has 3 aromatic heterocycles. The molecule has 0 aliphatic rings. The molecule has 0 saturated carbocycles. The lowest BCUT2D eigenvalue weighted by Crippen LogP contribution is -2.04. The van der Waals surface area contributed by atoms with Gasteiger partial charge in [0.25, 0.3) is 0 Å². The van der Waals surface area contributed by atoms with E-state index < -0.39 is 0 Å². The van der Waals surface area contributed by atoms with Gasteiger partial charge in [-0.1, -0.05) is 41.9 Å². The second-order valence-electron chi connectivity index (χ2n) is 4.86. The number of thiophene rings is 1. The maximum absolute atomic E-state index is 5.88. The van der Waals surface area contributed by atoms with Gasteiger partial charge in [0.1, 0.15) is 13.5 Å². The minimum atomic E-state index is 0.738. The van der Waals surface area contributed by atoms with Crippen LogP contribution in [0.5, 0.6) is 0 Å². The zero-order valence-corrected chi connectivity index (χ0v) is 12.0. The van der Waals surface area contributed by atoms with Gasteiger partial charge in [-0.2, -0.15) is 0 Å². The number of rotatable bonds is 2. The minimum Gasteiger partial charge on any atom is -0.299 e. The van der Waals surface area contributed by atoms with Crippen molar-refractivity contribution in [2.24, 2.45) is 0 Å². The lowest BCUT2D eigenvalue weighted by molar-refractivity contribution is 1.21. The first-order valence-corrected chi connectivity index (χ1v) is 7.51. The number of aromatic nitrogens is 2. The van der Waals surface area contributed by atoms with Crippen molar-refractivity contribution in [3.05, 3.63) is 67.0 Å². The summed E-state index contributed by atoms with van der Waals surface area (Å²) in [5.41, 5.74) is 3.96. The summed E-state index contributed by atoms with van der Waals surface area (Å²) in [4.78, 5) is 6.87. The number of hydrogen-bond acceptors (Lipinski definition) is 2. The van der Waals surface area contributed by atoms with Crippen LogP contribution in [0.2, 0.25) is 0 Å². The van der Waals surface area contributed by atoms with Crippen molar-refractivity contribution in [2.45, 2.75) is 0 Å². The molecule has 98 valence electrons. The van der Waals surface area contributed by atoms with E-state index in [4.69, 9.17) is 7.85 Å². The first kappa shape index (κ1) is 12.4. The minimum absolute atomic E-state index is 0.738. The lowest BCUT2D eigenvalue weighted by Gasteiger charge is -2.00. The Morgan fingerprint density at radius 2 is 1.71 bits per heavy atom. The zero-order chi connectivity index (χ0) is 14.2. The Labute approximate surface area is 128 Å². The van der Waals surface area contributed by atoms with E-state index in [9.17, 15) is 0 Å². The topological polar surface area (TPSA) is 17.3 Å². The van der Waals surface area contributed by atoms with Gasteiger partial charge in [0.05, 0.1) is 16.8 Å². The largest absolute Gasteiger partial charge is 0.299 e. The highest BCUT2D eigenvalue weighted by molar-refractivity contribution is 7.18. The van der Waals surface area contributed by atoms with E-state index in [1.54, 1.807) is 11.3 Å².